The second-order valence-electron chi connectivity index (χ2n) is 3.67. The summed E-state index contributed by atoms with van der Waals surface area (Å²) >= 11 is 0. The van der Waals surface area contributed by atoms with E-state index in [-0.39, 0.29) is 18.0 Å². The molecule has 0 aromatic heterocycles. The number of nitrogens with two attached hydrogens (primary N) is 1. The molecular weight excluding hydrogens is 166 g/mol. The standard InChI is InChI=1S/C10H21NO2/c1-8(2)13-10(12)9(3)6-4-5-7-11/h8-9H,4-7,11H2,1-3H3/t9-/m1/s1. The molecule has 0 spiro atoms. The minimum atomic E-state index is -0.0907. The molecule has 3 nitrogen and oxygen atoms in total. The van der Waals surface area contributed by atoms with Gasteiger partial charge in [0.05, 0.1) is 12.0 Å². The Labute approximate surface area is 80.6 Å². The zero-order chi connectivity index (χ0) is 10.3. The number of carbonyl (C=O) groups is 1. The van der Waals surface area contributed by atoms with Gasteiger partial charge in [0.2, 0.25) is 0 Å². The summed E-state index contributed by atoms with van der Waals surface area (Å²) in [6, 6.07) is 0. The molecule has 78 valence electrons. The van der Waals surface area contributed by atoms with Crippen molar-refractivity contribution >= 4 is 5.97 Å². The van der Waals surface area contributed by atoms with Crippen molar-refractivity contribution in [1.82, 2.24) is 0 Å². The zero-order valence-electron chi connectivity index (χ0n) is 8.88. The molecule has 0 bridgehead atoms. The van der Waals surface area contributed by atoms with Crippen LogP contribution in [-0.4, -0.2) is 18.6 Å². The van der Waals surface area contributed by atoms with Crippen molar-refractivity contribution in [3.8, 4) is 0 Å². The minimum absolute atomic E-state index is 0.00829. The molecule has 0 saturated heterocycles. The fraction of sp³-hybridized carbons (Fsp3) is 0.900. The number of esters is 1. The molecule has 0 rings (SSSR count). The lowest BCUT2D eigenvalue weighted by atomic mass is 10.0. The molecule has 0 unspecified atom stereocenters. The number of rotatable bonds is 6. The van der Waals surface area contributed by atoms with Crippen LogP contribution in [0.4, 0.5) is 0 Å². The van der Waals surface area contributed by atoms with Crippen LogP contribution in [0.3, 0.4) is 0 Å². The highest BCUT2D eigenvalue weighted by Gasteiger charge is 2.14. The Morgan fingerprint density at radius 1 is 1.31 bits per heavy atom. The minimum Gasteiger partial charge on any atom is -0.463 e. The van der Waals surface area contributed by atoms with Gasteiger partial charge < -0.3 is 10.5 Å². The maximum Gasteiger partial charge on any atom is 0.308 e. The predicted octanol–water partition coefficient (Wildman–Crippen LogP) is 1.70. The van der Waals surface area contributed by atoms with Crippen molar-refractivity contribution in [2.45, 2.75) is 46.1 Å². The van der Waals surface area contributed by atoms with Crippen LogP contribution in [0.5, 0.6) is 0 Å². The van der Waals surface area contributed by atoms with Crippen LogP contribution >= 0.6 is 0 Å². The number of carbonyl (C=O) groups excluding carboxylic acids is 1. The van der Waals surface area contributed by atoms with Gasteiger partial charge >= 0.3 is 5.97 Å². The van der Waals surface area contributed by atoms with Gasteiger partial charge in [-0.05, 0) is 33.2 Å². The van der Waals surface area contributed by atoms with E-state index in [2.05, 4.69) is 0 Å². The van der Waals surface area contributed by atoms with E-state index in [1.54, 1.807) is 0 Å². The molecule has 0 amide bonds. The summed E-state index contributed by atoms with van der Waals surface area (Å²) in [6.45, 7) is 6.34. The summed E-state index contributed by atoms with van der Waals surface area (Å²) < 4.78 is 5.07. The van der Waals surface area contributed by atoms with Crippen LogP contribution in [-0.2, 0) is 9.53 Å². The molecule has 1 atom stereocenters. The second kappa shape index (κ2) is 6.89. The highest BCUT2D eigenvalue weighted by atomic mass is 16.5. The van der Waals surface area contributed by atoms with Crippen LogP contribution in [0.25, 0.3) is 0 Å². The number of hydrogen-bond acceptors (Lipinski definition) is 3. The van der Waals surface area contributed by atoms with E-state index in [0.717, 1.165) is 19.3 Å². The summed E-state index contributed by atoms with van der Waals surface area (Å²) in [5.41, 5.74) is 5.36. The van der Waals surface area contributed by atoms with Crippen molar-refractivity contribution in [3.63, 3.8) is 0 Å². The third-order valence-corrected chi connectivity index (χ3v) is 1.85. The Morgan fingerprint density at radius 3 is 2.38 bits per heavy atom. The average Bonchev–Trinajstić information content (AvgIpc) is 2.03. The Morgan fingerprint density at radius 2 is 1.92 bits per heavy atom. The summed E-state index contributed by atoms with van der Waals surface area (Å²) in [7, 11) is 0. The maximum atomic E-state index is 11.3. The first kappa shape index (κ1) is 12.4. The van der Waals surface area contributed by atoms with Crippen LogP contribution in [0.2, 0.25) is 0 Å². The lowest BCUT2D eigenvalue weighted by Gasteiger charge is -2.13. The first-order valence-electron chi connectivity index (χ1n) is 4.98. The number of unbranched alkanes of at least 4 members (excludes halogenated alkanes) is 1. The highest BCUT2D eigenvalue weighted by molar-refractivity contribution is 5.72. The van der Waals surface area contributed by atoms with E-state index in [0.29, 0.717) is 6.54 Å². The largest absolute Gasteiger partial charge is 0.463 e. The first-order valence-corrected chi connectivity index (χ1v) is 4.98. The van der Waals surface area contributed by atoms with E-state index >= 15 is 0 Å². The highest BCUT2D eigenvalue weighted by Crippen LogP contribution is 2.10. The Kier molecular flexibility index (Phi) is 6.59. The second-order valence-corrected chi connectivity index (χ2v) is 3.67. The van der Waals surface area contributed by atoms with Crippen molar-refractivity contribution in [2.24, 2.45) is 11.7 Å². The van der Waals surface area contributed by atoms with Gasteiger partial charge in [0.25, 0.3) is 0 Å². The Balaban J connectivity index is 3.57. The normalized spacial score (nSPS) is 13.0. The van der Waals surface area contributed by atoms with E-state index in [1.165, 1.54) is 0 Å². The molecule has 0 radical (unpaired) electrons. The summed E-state index contributed by atoms with van der Waals surface area (Å²) in [6.07, 6.45) is 2.86. The Bertz CT molecular complexity index is 146. The topological polar surface area (TPSA) is 52.3 Å². The lowest BCUT2D eigenvalue weighted by molar-refractivity contribution is -0.152. The van der Waals surface area contributed by atoms with Gasteiger partial charge in [0.15, 0.2) is 0 Å². The zero-order valence-corrected chi connectivity index (χ0v) is 8.88. The SMILES string of the molecule is CC(C)OC(=O)[C@H](C)CCCCN. The van der Waals surface area contributed by atoms with Gasteiger partial charge in [0.1, 0.15) is 0 Å². The van der Waals surface area contributed by atoms with E-state index in [9.17, 15) is 4.79 Å². The van der Waals surface area contributed by atoms with Gasteiger partial charge in [-0.25, -0.2) is 0 Å². The molecule has 0 aliphatic rings. The first-order chi connectivity index (χ1) is 6.07. The van der Waals surface area contributed by atoms with E-state index in [1.807, 2.05) is 20.8 Å². The van der Waals surface area contributed by atoms with E-state index < -0.39 is 0 Å². The number of hydrogen-bond donors (Lipinski definition) is 1. The molecule has 0 aliphatic carbocycles. The van der Waals surface area contributed by atoms with Gasteiger partial charge in [0, 0.05) is 0 Å². The van der Waals surface area contributed by atoms with Crippen LogP contribution < -0.4 is 5.73 Å². The van der Waals surface area contributed by atoms with Crippen LogP contribution in [0.15, 0.2) is 0 Å². The molecular formula is C10H21NO2. The Hall–Kier alpha value is -0.570. The van der Waals surface area contributed by atoms with Gasteiger partial charge in [-0.1, -0.05) is 13.3 Å². The lowest BCUT2D eigenvalue weighted by Crippen LogP contribution is -2.19. The summed E-state index contributed by atoms with van der Waals surface area (Å²) in [5, 5.41) is 0. The third-order valence-electron chi connectivity index (χ3n) is 1.85. The maximum absolute atomic E-state index is 11.3. The van der Waals surface area contributed by atoms with Crippen molar-refractivity contribution in [3.05, 3.63) is 0 Å². The molecule has 0 aromatic carbocycles. The monoisotopic (exact) mass is 187 g/mol. The fourth-order valence-corrected chi connectivity index (χ4v) is 1.06. The molecule has 0 saturated carbocycles. The summed E-state index contributed by atoms with van der Waals surface area (Å²) in [5.74, 6) is -0.0824. The molecule has 0 aromatic rings. The van der Waals surface area contributed by atoms with Crippen molar-refractivity contribution in [1.29, 1.82) is 0 Å². The van der Waals surface area contributed by atoms with Crippen molar-refractivity contribution in [2.75, 3.05) is 6.54 Å². The molecule has 2 N–H and O–H groups in total. The molecule has 0 fully saturated rings. The van der Waals surface area contributed by atoms with Gasteiger partial charge in [-0.15, -0.1) is 0 Å². The van der Waals surface area contributed by atoms with E-state index in [4.69, 9.17) is 10.5 Å². The summed E-state index contributed by atoms with van der Waals surface area (Å²) in [4.78, 5) is 11.3. The van der Waals surface area contributed by atoms with Crippen molar-refractivity contribution < 1.29 is 9.53 Å². The van der Waals surface area contributed by atoms with Gasteiger partial charge in [-0.3, -0.25) is 4.79 Å². The average molecular weight is 187 g/mol. The van der Waals surface area contributed by atoms with Gasteiger partial charge in [-0.2, -0.15) is 0 Å². The number of ether oxygens (including phenoxy) is 1. The third kappa shape index (κ3) is 6.58. The molecule has 0 aliphatic heterocycles. The quantitative estimate of drug-likeness (QED) is 0.508. The van der Waals surface area contributed by atoms with Crippen LogP contribution in [0, 0.1) is 5.92 Å². The molecule has 0 heterocycles. The fourth-order valence-electron chi connectivity index (χ4n) is 1.06. The molecule has 13 heavy (non-hydrogen) atoms. The predicted molar refractivity (Wildman–Crippen MR) is 53.3 cm³/mol. The molecule has 3 heteroatoms. The smallest absolute Gasteiger partial charge is 0.308 e. The van der Waals surface area contributed by atoms with Crippen LogP contribution in [0.1, 0.15) is 40.0 Å².